The zero-order valence-corrected chi connectivity index (χ0v) is 15.1. The van der Waals surface area contributed by atoms with Crippen LogP contribution < -0.4 is 0 Å². The van der Waals surface area contributed by atoms with E-state index >= 15 is 0 Å². The summed E-state index contributed by atoms with van der Waals surface area (Å²) in [5, 5.41) is 0.837. The number of halogens is 2. The molecule has 21 heavy (non-hydrogen) atoms. The van der Waals surface area contributed by atoms with E-state index in [0.717, 1.165) is 10.9 Å². The van der Waals surface area contributed by atoms with Crippen LogP contribution in [0.15, 0.2) is 24.3 Å². The quantitative estimate of drug-likeness (QED) is 0.789. The van der Waals surface area contributed by atoms with Crippen LogP contribution in [0.4, 0.5) is 0 Å². The summed E-state index contributed by atoms with van der Waals surface area (Å²) in [6.07, 6.45) is 5.23. The van der Waals surface area contributed by atoms with Gasteiger partial charge in [0.1, 0.15) is 0 Å². The second-order valence-electron chi connectivity index (χ2n) is 6.63. The summed E-state index contributed by atoms with van der Waals surface area (Å²) in [6, 6.07) is 9.18. The first-order valence-electron chi connectivity index (χ1n) is 7.38. The predicted octanol–water partition coefficient (Wildman–Crippen LogP) is 4.34. The number of rotatable bonds is 5. The van der Waals surface area contributed by atoms with Crippen molar-refractivity contribution in [3.05, 3.63) is 34.9 Å². The minimum Gasteiger partial charge on any atom is -0.412 e. The molecule has 122 valence electrons. The van der Waals surface area contributed by atoms with E-state index in [2.05, 4.69) is 45.0 Å². The summed E-state index contributed by atoms with van der Waals surface area (Å²) in [5.74, 6) is 0.733. The summed E-state index contributed by atoms with van der Waals surface area (Å²) in [7, 11) is 4.45. The van der Waals surface area contributed by atoms with E-state index in [1.165, 1.54) is 31.2 Å². The van der Waals surface area contributed by atoms with Gasteiger partial charge in [-0.15, -0.1) is 12.4 Å². The molecule has 0 heterocycles. The molecule has 0 bridgehead atoms. The molecule has 0 aromatic heterocycles. The minimum absolute atomic E-state index is 0. The molecule has 1 aromatic carbocycles. The molecule has 0 radical (unpaired) electrons. The monoisotopic (exact) mass is 333 g/mol. The molecule has 0 saturated heterocycles. The van der Waals surface area contributed by atoms with Crippen molar-refractivity contribution in [2.75, 3.05) is 14.1 Å². The molecule has 1 aliphatic carbocycles. The molecular weight excluding hydrogens is 305 g/mol. The fraction of sp³-hybridized carbons (Fsp3) is 0.647. The molecule has 1 atom stereocenters. The molecular formula is C17H29Cl2NO. The highest BCUT2D eigenvalue weighted by atomic mass is 35.5. The van der Waals surface area contributed by atoms with Gasteiger partial charge in [-0.25, -0.2) is 0 Å². The molecule has 1 fully saturated rings. The van der Waals surface area contributed by atoms with Gasteiger partial charge in [0.2, 0.25) is 0 Å². The Morgan fingerprint density at radius 2 is 1.67 bits per heavy atom. The van der Waals surface area contributed by atoms with Crippen LogP contribution in [0.3, 0.4) is 0 Å². The Morgan fingerprint density at radius 1 is 1.14 bits per heavy atom. The van der Waals surface area contributed by atoms with Gasteiger partial charge in [0.25, 0.3) is 0 Å². The van der Waals surface area contributed by atoms with Gasteiger partial charge in [0.15, 0.2) is 0 Å². The lowest BCUT2D eigenvalue weighted by atomic mass is 9.58. The molecule has 0 unspecified atom stereocenters. The largest absolute Gasteiger partial charge is 0.412 e. The van der Waals surface area contributed by atoms with E-state index in [-0.39, 0.29) is 17.9 Å². The van der Waals surface area contributed by atoms with Crippen molar-refractivity contribution in [2.24, 2.45) is 5.92 Å². The standard InChI is InChI=1S/C17H26ClN.ClH.H2O/c1-13(2)12-16(19(3)4)17(10-5-11-17)14-6-8-15(18)9-7-14;;/h6-9,13,16H,5,10-12H2,1-4H3;1H;1H2/t16-;;/m1../s1. The van der Waals surface area contributed by atoms with E-state index in [9.17, 15) is 0 Å². The maximum absolute atomic E-state index is 6.04. The van der Waals surface area contributed by atoms with Crippen LogP contribution in [0, 0.1) is 5.92 Å². The molecule has 1 aromatic rings. The lowest BCUT2D eigenvalue weighted by molar-refractivity contribution is 0.0808. The topological polar surface area (TPSA) is 34.7 Å². The van der Waals surface area contributed by atoms with Crippen LogP contribution in [0.1, 0.15) is 45.1 Å². The highest BCUT2D eigenvalue weighted by Crippen LogP contribution is 2.49. The minimum atomic E-state index is 0. The average Bonchev–Trinajstić information content (AvgIpc) is 2.28. The van der Waals surface area contributed by atoms with Crippen LogP contribution in [0.25, 0.3) is 0 Å². The molecule has 1 saturated carbocycles. The number of benzene rings is 1. The number of nitrogens with zero attached hydrogens (tertiary/aromatic N) is 1. The fourth-order valence-electron chi connectivity index (χ4n) is 3.53. The Labute approximate surface area is 140 Å². The van der Waals surface area contributed by atoms with Gasteiger partial charge in [0, 0.05) is 16.5 Å². The highest BCUT2D eigenvalue weighted by Gasteiger charge is 2.46. The third-order valence-electron chi connectivity index (χ3n) is 4.62. The van der Waals surface area contributed by atoms with Crippen molar-refractivity contribution in [2.45, 2.75) is 51.0 Å². The Balaban J connectivity index is 0.00000200. The zero-order chi connectivity index (χ0) is 14.0. The lowest BCUT2D eigenvalue weighted by Gasteiger charge is -2.51. The Hall–Kier alpha value is -0.280. The number of hydrogen-bond donors (Lipinski definition) is 0. The third-order valence-corrected chi connectivity index (χ3v) is 4.87. The van der Waals surface area contributed by atoms with Crippen molar-refractivity contribution < 1.29 is 5.48 Å². The van der Waals surface area contributed by atoms with Crippen molar-refractivity contribution >= 4 is 24.0 Å². The van der Waals surface area contributed by atoms with Crippen LogP contribution in [-0.2, 0) is 5.41 Å². The van der Waals surface area contributed by atoms with Gasteiger partial charge < -0.3 is 10.4 Å². The Morgan fingerprint density at radius 3 is 2.00 bits per heavy atom. The van der Waals surface area contributed by atoms with Crippen molar-refractivity contribution in [3.8, 4) is 0 Å². The van der Waals surface area contributed by atoms with Crippen molar-refractivity contribution in [1.82, 2.24) is 4.90 Å². The molecule has 0 amide bonds. The zero-order valence-electron chi connectivity index (χ0n) is 13.5. The smallest absolute Gasteiger partial charge is 0.0406 e. The van der Waals surface area contributed by atoms with Gasteiger partial charge in [-0.1, -0.05) is 44.0 Å². The second kappa shape index (κ2) is 8.38. The van der Waals surface area contributed by atoms with Gasteiger partial charge >= 0.3 is 0 Å². The summed E-state index contributed by atoms with van der Waals surface area (Å²) < 4.78 is 0. The SMILES string of the molecule is CC(C)C[C@@H](N(C)C)C1(c2ccc(Cl)cc2)CCC1.Cl.O. The summed E-state index contributed by atoms with van der Waals surface area (Å²) >= 11 is 6.04. The second-order valence-corrected chi connectivity index (χ2v) is 7.06. The number of hydrogen-bond acceptors (Lipinski definition) is 1. The molecule has 2 N–H and O–H groups in total. The van der Waals surface area contributed by atoms with Gasteiger partial charge in [-0.2, -0.15) is 0 Å². The highest BCUT2D eigenvalue weighted by molar-refractivity contribution is 6.30. The first-order chi connectivity index (χ1) is 8.95. The normalized spacial score (nSPS) is 17.7. The third kappa shape index (κ3) is 4.35. The molecule has 2 rings (SSSR count). The predicted molar refractivity (Wildman–Crippen MR) is 94.8 cm³/mol. The fourth-order valence-corrected chi connectivity index (χ4v) is 3.66. The van der Waals surface area contributed by atoms with Gasteiger partial charge in [0.05, 0.1) is 0 Å². The van der Waals surface area contributed by atoms with E-state index in [0.29, 0.717) is 11.5 Å². The molecule has 0 aliphatic heterocycles. The van der Waals surface area contributed by atoms with Crippen LogP contribution in [0.2, 0.25) is 5.02 Å². The van der Waals surface area contributed by atoms with E-state index < -0.39 is 0 Å². The van der Waals surface area contributed by atoms with Crippen LogP contribution in [-0.4, -0.2) is 30.5 Å². The molecule has 2 nitrogen and oxygen atoms in total. The van der Waals surface area contributed by atoms with Gasteiger partial charge in [-0.05, 0) is 57.0 Å². The molecule has 4 heteroatoms. The van der Waals surface area contributed by atoms with Crippen molar-refractivity contribution in [3.63, 3.8) is 0 Å². The van der Waals surface area contributed by atoms with Gasteiger partial charge in [-0.3, -0.25) is 0 Å². The average molecular weight is 334 g/mol. The number of likely N-dealkylation sites (N-methyl/N-ethyl adjacent to an activating group) is 1. The van der Waals surface area contributed by atoms with Crippen LogP contribution in [0.5, 0.6) is 0 Å². The van der Waals surface area contributed by atoms with Crippen LogP contribution >= 0.6 is 24.0 Å². The Bertz CT molecular complexity index is 413. The summed E-state index contributed by atoms with van der Waals surface area (Å²) in [6.45, 7) is 4.65. The van der Waals surface area contributed by atoms with Crippen molar-refractivity contribution in [1.29, 1.82) is 0 Å². The Kier molecular flexibility index (Phi) is 8.27. The molecule has 0 spiro atoms. The first kappa shape index (κ1) is 20.7. The summed E-state index contributed by atoms with van der Waals surface area (Å²) in [5.41, 5.74) is 1.82. The first-order valence-corrected chi connectivity index (χ1v) is 7.76. The summed E-state index contributed by atoms with van der Waals surface area (Å²) in [4.78, 5) is 2.42. The lowest BCUT2D eigenvalue weighted by Crippen LogP contribution is -2.52. The maximum atomic E-state index is 6.04. The maximum Gasteiger partial charge on any atom is 0.0406 e. The van der Waals surface area contributed by atoms with E-state index in [1.54, 1.807) is 0 Å². The van der Waals surface area contributed by atoms with E-state index in [1.807, 2.05) is 12.1 Å². The van der Waals surface area contributed by atoms with E-state index in [4.69, 9.17) is 11.6 Å². The molecule has 1 aliphatic rings.